The Kier molecular flexibility index (Phi) is 7.92. The molecule has 2 aliphatic rings. The van der Waals surface area contributed by atoms with Crippen LogP contribution in [0, 0.1) is 5.92 Å². The van der Waals surface area contributed by atoms with Gasteiger partial charge in [0.1, 0.15) is 11.6 Å². The van der Waals surface area contributed by atoms with Crippen LogP contribution >= 0.6 is 0 Å². The minimum absolute atomic E-state index is 0.00640. The quantitative estimate of drug-likeness (QED) is 0.550. The fourth-order valence-corrected chi connectivity index (χ4v) is 4.43. The highest BCUT2D eigenvalue weighted by Gasteiger charge is 2.26. The number of morpholine rings is 1. The molecule has 0 aliphatic carbocycles. The lowest BCUT2D eigenvalue weighted by molar-refractivity contribution is -0.123. The molecule has 1 fully saturated rings. The maximum atomic E-state index is 13.3. The molecule has 3 heterocycles. The van der Waals surface area contributed by atoms with Crippen LogP contribution in [0.15, 0.2) is 23.1 Å². The summed E-state index contributed by atoms with van der Waals surface area (Å²) in [5.41, 5.74) is 0.252. The second-order valence-corrected chi connectivity index (χ2v) is 9.28. The molecule has 2 N–H and O–H groups in total. The summed E-state index contributed by atoms with van der Waals surface area (Å²) in [6.45, 7) is 10.8. The average Bonchev–Trinajstić information content (AvgIpc) is 3.31. The number of amides is 2. The minimum atomic E-state index is -0.742. The van der Waals surface area contributed by atoms with E-state index in [1.54, 1.807) is 18.3 Å². The molecule has 2 aliphatic heterocycles. The Bertz CT molecular complexity index is 1140. The molecule has 35 heavy (non-hydrogen) atoms. The first-order valence-corrected chi connectivity index (χ1v) is 12.2. The highest BCUT2D eigenvalue weighted by atomic mass is 16.7. The van der Waals surface area contributed by atoms with Crippen LogP contribution in [-0.4, -0.2) is 73.5 Å². The van der Waals surface area contributed by atoms with E-state index >= 15 is 0 Å². The van der Waals surface area contributed by atoms with Crippen LogP contribution in [0.1, 0.15) is 37.6 Å². The molecule has 4 rings (SSSR count). The van der Waals surface area contributed by atoms with Crippen LogP contribution in [0.2, 0.25) is 0 Å². The molecule has 0 unspecified atom stereocenters. The van der Waals surface area contributed by atoms with Gasteiger partial charge in [-0.05, 0) is 25.3 Å². The number of aryl methyl sites for hydroxylation is 1. The Hall–Kier alpha value is -3.11. The first-order chi connectivity index (χ1) is 16.9. The molecule has 10 nitrogen and oxygen atoms in total. The number of aromatic nitrogens is 1. The summed E-state index contributed by atoms with van der Waals surface area (Å²) in [5.74, 6) is 0.411. The molecule has 1 aromatic heterocycles. The summed E-state index contributed by atoms with van der Waals surface area (Å²) in [4.78, 5) is 41.7. The first-order valence-electron chi connectivity index (χ1n) is 12.2. The van der Waals surface area contributed by atoms with Gasteiger partial charge in [-0.2, -0.15) is 0 Å². The predicted molar refractivity (Wildman–Crippen MR) is 131 cm³/mol. The monoisotopic (exact) mass is 486 g/mol. The van der Waals surface area contributed by atoms with Gasteiger partial charge < -0.3 is 29.4 Å². The fraction of sp³-hybridized carbons (Fsp3) is 0.560. The van der Waals surface area contributed by atoms with E-state index in [9.17, 15) is 14.4 Å². The fourth-order valence-electron chi connectivity index (χ4n) is 4.43. The molecule has 0 spiro atoms. The molecule has 0 bridgehead atoms. The van der Waals surface area contributed by atoms with Gasteiger partial charge in [0.2, 0.25) is 18.1 Å². The van der Waals surface area contributed by atoms with Crippen LogP contribution in [0.4, 0.5) is 0 Å². The van der Waals surface area contributed by atoms with Gasteiger partial charge in [-0.1, -0.05) is 13.8 Å². The number of nitrogens with zero attached hydrogens (tertiary/aromatic N) is 2. The third-order valence-electron chi connectivity index (χ3n) is 6.32. The Morgan fingerprint density at radius 2 is 1.83 bits per heavy atom. The van der Waals surface area contributed by atoms with Crippen LogP contribution < -0.4 is 25.5 Å². The number of rotatable bonds is 9. The zero-order valence-corrected chi connectivity index (χ0v) is 20.6. The van der Waals surface area contributed by atoms with Gasteiger partial charge in [0.25, 0.3) is 5.91 Å². The summed E-state index contributed by atoms with van der Waals surface area (Å²) in [5, 5.41) is 6.12. The zero-order valence-electron chi connectivity index (χ0n) is 20.6. The van der Waals surface area contributed by atoms with E-state index < -0.39 is 17.4 Å². The summed E-state index contributed by atoms with van der Waals surface area (Å²) in [7, 11) is 0. The van der Waals surface area contributed by atoms with Crippen molar-refractivity contribution in [3.63, 3.8) is 0 Å². The van der Waals surface area contributed by atoms with E-state index in [1.165, 1.54) is 0 Å². The molecule has 190 valence electrons. The van der Waals surface area contributed by atoms with E-state index in [0.717, 1.165) is 19.6 Å². The second kappa shape index (κ2) is 11.1. The van der Waals surface area contributed by atoms with Crippen LogP contribution in [0.3, 0.4) is 0 Å². The molecule has 1 atom stereocenters. The molecule has 10 heteroatoms. The predicted octanol–water partition coefficient (Wildman–Crippen LogP) is 1.34. The number of fused-ring (bicyclic) bond motifs is 2. The maximum Gasteiger partial charge on any atom is 0.257 e. The third kappa shape index (κ3) is 5.76. The summed E-state index contributed by atoms with van der Waals surface area (Å²) in [6.07, 6.45) is 2.01. The SMILES string of the molecule is CCn1cc(C(=O)N[C@@H](CC(C)C)C(=O)NCCN2CCOCC2)c(=O)c2cc3c(cc21)OCO3. The van der Waals surface area contributed by atoms with Gasteiger partial charge in [-0.25, -0.2) is 0 Å². The van der Waals surface area contributed by atoms with E-state index in [4.69, 9.17) is 14.2 Å². The van der Waals surface area contributed by atoms with Crippen molar-refractivity contribution in [2.24, 2.45) is 5.92 Å². The molecule has 1 saturated heterocycles. The lowest BCUT2D eigenvalue weighted by atomic mass is 10.0. The van der Waals surface area contributed by atoms with E-state index in [0.29, 0.717) is 55.1 Å². The van der Waals surface area contributed by atoms with Crippen molar-refractivity contribution in [3.8, 4) is 11.5 Å². The Morgan fingerprint density at radius 1 is 1.11 bits per heavy atom. The molecular weight excluding hydrogens is 452 g/mol. The first kappa shape index (κ1) is 25.0. The largest absolute Gasteiger partial charge is 0.454 e. The normalized spacial score (nSPS) is 16.5. The van der Waals surface area contributed by atoms with Crippen molar-refractivity contribution < 1.29 is 23.8 Å². The number of ether oxygens (including phenoxy) is 3. The van der Waals surface area contributed by atoms with E-state index in [2.05, 4.69) is 15.5 Å². The van der Waals surface area contributed by atoms with Crippen LogP contribution in [0.25, 0.3) is 10.9 Å². The maximum absolute atomic E-state index is 13.3. The number of benzene rings is 1. The van der Waals surface area contributed by atoms with Crippen LogP contribution in [0.5, 0.6) is 11.5 Å². The highest BCUT2D eigenvalue weighted by Crippen LogP contribution is 2.35. The smallest absolute Gasteiger partial charge is 0.257 e. The molecule has 2 aromatic rings. The van der Waals surface area contributed by atoms with Gasteiger partial charge in [0.15, 0.2) is 11.5 Å². The van der Waals surface area contributed by atoms with Gasteiger partial charge in [-0.3, -0.25) is 19.3 Å². The van der Waals surface area contributed by atoms with Crippen molar-refractivity contribution >= 4 is 22.7 Å². The number of carbonyl (C=O) groups excluding carboxylic acids is 2. The van der Waals surface area contributed by atoms with Gasteiger partial charge in [-0.15, -0.1) is 0 Å². The number of pyridine rings is 1. The summed E-state index contributed by atoms with van der Waals surface area (Å²) >= 11 is 0. The van der Waals surface area contributed by atoms with E-state index in [-0.39, 0.29) is 24.2 Å². The molecule has 0 saturated carbocycles. The standard InChI is InChI=1S/C25H34N4O6/c1-4-29-14-18(23(30)17-12-21-22(13-20(17)29)35-15-34-21)24(31)27-19(11-16(2)3)25(32)26-5-6-28-7-9-33-10-8-28/h12-14,16,19H,4-11,15H2,1-3H3,(H,26,32)(H,27,31)/t19-/m0/s1. The molecule has 2 amide bonds. The summed E-state index contributed by atoms with van der Waals surface area (Å²) < 4.78 is 18.0. The highest BCUT2D eigenvalue weighted by molar-refractivity contribution is 6.00. The lowest BCUT2D eigenvalue weighted by Crippen LogP contribution is -2.50. The molecular formula is C25H34N4O6. The molecule has 1 aromatic carbocycles. The Morgan fingerprint density at radius 3 is 2.51 bits per heavy atom. The number of carbonyl (C=O) groups is 2. The number of hydrogen-bond donors (Lipinski definition) is 2. The van der Waals surface area contributed by atoms with Crippen LogP contribution in [-0.2, 0) is 16.1 Å². The topological polar surface area (TPSA) is 111 Å². The summed E-state index contributed by atoms with van der Waals surface area (Å²) in [6, 6.07) is 2.63. The van der Waals surface area contributed by atoms with Gasteiger partial charge in [0, 0.05) is 45.0 Å². The van der Waals surface area contributed by atoms with Gasteiger partial charge >= 0.3 is 0 Å². The van der Waals surface area contributed by atoms with Crippen molar-refractivity contribution in [2.75, 3.05) is 46.2 Å². The lowest BCUT2D eigenvalue weighted by Gasteiger charge is -2.27. The second-order valence-electron chi connectivity index (χ2n) is 9.28. The third-order valence-corrected chi connectivity index (χ3v) is 6.32. The number of nitrogens with one attached hydrogen (secondary N) is 2. The van der Waals surface area contributed by atoms with Crippen molar-refractivity contribution in [1.29, 1.82) is 0 Å². The molecule has 0 radical (unpaired) electrons. The Balaban J connectivity index is 1.51. The average molecular weight is 487 g/mol. The number of hydrogen-bond acceptors (Lipinski definition) is 7. The van der Waals surface area contributed by atoms with Gasteiger partial charge in [0.05, 0.1) is 24.1 Å². The zero-order chi connectivity index (χ0) is 24.9. The Labute approximate surface area is 204 Å². The van der Waals surface area contributed by atoms with Crippen molar-refractivity contribution in [2.45, 2.75) is 39.8 Å². The van der Waals surface area contributed by atoms with Crippen molar-refractivity contribution in [3.05, 3.63) is 34.1 Å². The van der Waals surface area contributed by atoms with E-state index in [1.807, 2.05) is 25.3 Å². The minimum Gasteiger partial charge on any atom is -0.454 e. The van der Waals surface area contributed by atoms with Crippen molar-refractivity contribution in [1.82, 2.24) is 20.1 Å².